The van der Waals surface area contributed by atoms with E-state index in [1.807, 2.05) is 79.2 Å². The first kappa shape index (κ1) is 40.2. The highest BCUT2D eigenvalue weighted by Gasteiger charge is 2.28. The number of aromatic nitrogens is 2. The van der Waals surface area contributed by atoms with Gasteiger partial charge in [-0.3, -0.25) is 5.73 Å². The molecule has 0 aliphatic heterocycles. The Morgan fingerprint density at radius 3 is 2.02 bits per heavy atom. The van der Waals surface area contributed by atoms with Gasteiger partial charge in [0, 0.05) is 34.8 Å². The minimum absolute atomic E-state index is 0.0560. The summed E-state index contributed by atoms with van der Waals surface area (Å²) in [5, 5.41) is 10.5. The van der Waals surface area contributed by atoms with Gasteiger partial charge in [-0.15, -0.1) is 0 Å². The molecule has 0 saturated carbocycles. The highest BCUT2D eigenvalue weighted by Crippen LogP contribution is 2.31. The molecule has 0 amide bonds. The van der Waals surface area contributed by atoms with Crippen LogP contribution in [0.2, 0.25) is 0 Å². The number of nitrogens with zero attached hydrogens (tertiary/aromatic N) is 2. The van der Waals surface area contributed by atoms with E-state index >= 15 is 0 Å². The van der Waals surface area contributed by atoms with Gasteiger partial charge in [0.2, 0.25) is 0 Å². The Hall–Kier alpha value is -4.56. The fourth-order valence-electron chi connectivity index (χ4n) is 5.56. The van der Waals surface area contributed by atoms with E-state index in [-0.39, 0.29) is 11.5 Å². The van der Waals surface area contributed by atoms with Crippen LogP contribution in [0.1, 0.15) is 100.0 Å². The van der Waals surface area contributed by atoms with Crippen LogP contribution in [0.4, 0.5) is 8.78 Å². The third-order valence-corrected chi connectivity index (χ3v) is 8.67. The van der Waals surface area contributed by atoms with Crippen LogP contribution < -0.4 is 10.5 Å². The van der Waals surface area contributed by atoms with E-state index in [1.165, 1.54) is 24.1 Å². The summed E-state index contributed by atoms with van der Waals surface area (Å²) in [7, 11) is 0. The molecule has 1 aromatic heterocycles. The van der Waals surface area contributed by atoms with Gasteiger partial charge in [0.25, 0.3) is 0 Å². The van der Waals surface area contributed by atoms with E-state index in [1.54, 1.807) is 6.07 Å². The fraction of sp³-hybridized carbons (Fsp3) is 0.295. The molecule has 0 spiro atoms. The van der Waals surface area contributed by atoms with Crippen LogP contribution in [0.25, 0.3) is 16.8 Å². The molecule has 8 heteroatoms. The van der Waals surface area contributed by atoms with Crippen LogP contribution in [0.5, 0.6) is 11.5 Å². The number of allylic oxidation sites excluding steroid dienone is 4. The molecule has 1 heterocycles. The first-order valence-electron chi connectivity index (χ1n) is 17.9. The standard InChI is InChI=1S/C41H42ClF2N3O2.C3H8/c1-5-6-34(42)16-7-28(4)39-25-47(35-17-22-38(41(43,44)45)33(24-35)26-48)40(46-39)23-29-8-10-31(11-9-29)32-14-20-37(21-15-32)49-36-18-12-30(13-19-36)27(2)3;1-3-2/h6-22,24-25,27-28,48H,5,23,26,45H2,1-4H3;3H2,1-2H3/b16-7-,34-6+;. The number of halogens is 3. The van der Waals surface area contributed by atoms with E-state index in [0.717, 1.165) is 46.1 Å². The third-order valence-electron chi connectivity index (χ3n) is 8.39. The van der Waals surface area contributed by atoms with Crippen molar-refractivity contribution < 1.29 is 18.6 Å². The van der Waals surface area contributed by atoms with Crippen molar-refractivity contribution in [1.82, 2.24) is 9.55 Å². The zero-order valence-electron chi connectivity index (χ0n) is 30.9. The van der Waals surface area contributed by atoms with Crippen LogP contribution in [-0.4, -0.2) is 14.7 Å². The zero-order valence-corrected chi connectivity index (χ0v) is 31.7. The van der Waals surface area contributed by atoms with E-state index in [2.05, 4.69) is 64.1 Å². The quantitative estimate of drug-likeness (QED) is 0.0936. The molecule has 3 N–H and O–H groups in total. The van der Waals surface area contributed by atoms with Crippen molar-refractivity contribution in [3.63, 3.8) is 0 Å². The molecule has 4 aromatic carbocycles. The summed E-state index contributed by atoms with van der Waals surface area (Å²) < 4.78 is 36.0. The molecular formula is C44H50ClF2N3O2. The molecule has 5 rings (SSSR count). The Kier molecular flexibility index (Phi) is 14.5. The Balaban J connectivity index is 0.00000195. The molecule has 0 saturated heterocycles. The fourth-order valence-corrected chi connectivity index (χ4v) is 5.79. The Bertz CT molecular complexity index is 1920. The van der Waals surface area contributed by atoms with Crippen molar-refractivity contribution in [3.8, 4) is 28.3 Å². The summed E-state index contributed by atoms with van der Waals surface area (Å²) in [6.07, 6.45) is 10.2. The molecule has 0 fully saturated rings. The minimum Gasteiger partial charge on any atom is -0.457 e. The smallest absolute Gasteiger partial charge is 0.327 e. The van der Waals surface area contributed by atoms with Crippen LogP contribution in [-0.2, 0) is 19.1 Å². The second kappa shape index (κ2) is 18.8. The summed E-state index contributed by atoms with van der Waals surface area (Å²) in [6, 6.07) is 25.2. The number of alkyl halides is 2. The number of benzene rings is 4. The summed E-state index contributed by atoms with van der Waals surface area (Å²) in [4.78, 5) is 4.97. The Morgan fingerprint density at radius 1 is 0.904 bits per heavy atom. The van der Waals surface area contributed by atoms with Gasteiger partial charge < -0.3 is 14.4 Å². The average molecular weight is 726 g/mol. The number of hydrogen-bond donors (Lipinski definition) is 2. The Morgan fingerprint density at radius 2 is 1.48 bits per heavy atom. The molecule has 52 heavy (non-hydrogen) atoms. The van der Waals surface area contributed by atoms with Gasteiger partial charge in [0.1, 0.15) is 17.3 Å². The molecular weight excluding hydrogens is 676 g/mol. The monoisotopic (exact) mass is 725 g/mol. The van der Waals surface area contributed by atoms with Gasteiger partial charge >= 0.3 is 6.05 Å². The molecule has 1 unspecified atom stereocenters. The van der Waals surface area contributed by atoms with Crippen molar-refractivity contribution in [2.45, 2.75) is 85.3 Å². The van der Waals surface area contributed by atoms with Crippen molar-refractivity contribution in [2.24, 2.45) is 5.73 Å². The molecule has 0 bridgehead atoms. The van der Waals surface area contributed by atoms with Crippen molar-refractivity contribution in [1.29, 1.82) is 0 Å². The number of aliphatic hydroxyl groups excluding tert-OH is 1. The van der Waals surface area contributed by atoms with Gasteiger partial charge in [-0.1, -0.05) is 120 Å². The highest BCUT2D eigenvalue weighted by molar-refractivity contribution is 6.31. The number of rotatable bonds is 13. The zero-order chi connectivity index (χ0) is 37.8. The maximum atomic E-state index is 14.0. The Labute approximate surface area is 312 Å². The van der Waals surface area contributed by atoms with Gasteiger partial charge in [0.15, 0.2) is 0 Å². The van der Waals surface area contributed by atoms with Crippen molar-refractivity contribution in [2.75, 3.05) is 0 Å². The SMILES string of the molecule is CC/C=C(Cl)\C=C/C(C)c1cn(-c2ccc(C(N)(F)F)c(CO)c2)c(Cc2ccc(-c3ccc(Oc4ccc(C(C)C)cc4)cc3)cc2)n1.CCC. The van der Waals surface area contributed by atoms with Crippen LogP contribution in [0.3, 0.4) is 0 Å². The average Bonchev–Trinajstić information content (AvgIpc) is 3.55. The van der Waals surface area contributed by atoms with Gasteiger partial charge in [-0.05, 0) is 88.7 Å². The second-order valence-electron chi connectivity index (χ2n) is 13.2. The lowest BCUT2D eigenvalue weighted by Crippen LogP contribution is -2.27. The molecule has 0 aliphatic rings. The topological polar surface area (TPSA) is 73.3 Å². The lowest BCUT2D eigenvalue weighted by atomic mass is 10.0. The van der Waals surface area contributed by atoms with E-state index < -0.39 is 18.2 Å². The predicted molar refractivity (Wildman–Crippen MR) is 211 cm³/mol. The number of nitrogens with two attached hydrogens (primary N) is 1. The molecule has 5 nitrogen and oxygen atoms in total. The maximum Gasteiger partial charge on any atom is 0.327 e. The summed E-state index contributed by atoms with van der Waals surface area (Å²) in [5.41, 5.74) is 10.5. The second-order valence-corrected chi connectivity index (χ2v) is 13.6. The van der Waals surface area contributed by atoms with Crippen LogP contribution >= 0.6 is 11.6 Å². The predicted octanol–water partition coefficient (Wildman–Crippen LogP) is 12.2. The molecule has 0 aliphatic carbocycles. The van der Waals surface area contributed by atoms with Crippen molar-refractivity contribution in [3.05, 3.63) is 154 Å². The lowest BCUT2D eigenvalue weighted by Gasteiger charge is -2.16. The minimum atomic E-state index is -3.57. The molecule has 0 radical (unpaired) electrons. The summed E-state index contributed by atoms with van der Waals surface area (Å²) >= 11 is 6.30. The third kappa shape index (κ3) is 11.0. The first-order chi connectivity index (χ1) is 24.9. The molecule has 5 aromatic rings. The number of imidazole rings is 1. The van der Waals surface area contributed by atoms with Crippen LogP contribution in [0.15, 0.2) is 120 Å². The maximum absolute atomic E-state index is 14.0. The van der Waals surface area contributed by atoms with Gasteiger partial charge in [-0.2, -0.15) is 8.78 Å². The van der Waals surface area contributed by atoms with E-state index in [9.17, 15) is 13.9 Å². The van der Waals surface area contributed by atoms with Crippen LogP contribution in [0, 0.1) is 0 Å². The first-order valence-corrected chi connectivity index (χ1v) is 18.2. The van der Waals surface area contributed by atoms with Gasteiger partial charge in [0.05, 0.1) is 12.3 Å². The largest absolute Gasteiger partial charge is 0.457 e. The van der Waals surface area contributed by atoms with E-state index in [4.69, 9.17) is 27.1 Å². The summed E-state index contributed by atoms with van der Waals surface area (Å²) in [6.45, 7) is 12.1. The summed E-state index contributed by atoms with van der Waals surface area (Å²) in [5.74, 6) is 2.68. The normalized spacial score (nSPS) is 12.6. The lowest BCUT2D eigenvalue weighted by molar-refractivity contribution is 0.00102. The molecule has 1 atom stereocenters. The van der Waals surface area contributed by atoms with E-state index in [0.29, 0.717) is 23.1 Å². The number of ether oxygens (including phenoxy) is 1. The van der Waals surface area contributed by atoms with Crippen molar-refractivity contribution >= 4 is 11.6 Å². The highest BCUT2D eigenvalue weighted by atomic mass is 35.5. The van der Waals surface area contributed by atoms with Gasteiger partial charge in [-0.25, -0.2) is 4.98 Å². The molecule has 274 valence electrons. The number of aliphatic hydroxyl groups is 1. The number of hydrogen-bond acceptors (Lipinski definition) is 4.